The Bertz CT molecular complexity index is 2730. The first-order valence-corrected chi connectivity index (χ1v) is 45.3. The normalized spacial score (nSPS) is 13.3. The summed E-state index contributed by atoms with van der Waals surface area (Å²) in [4.78, 5) is 69.7. The largest absolute Gasteiger partial charge is 0.508 e. The third-order valence-corrected chi connectivity index (χ3v) is 21.9. The second-order valence-electron chi connectivity index (χ2n) is 32.0. The molecule has 109 heavy (non-hydrogen) atoms. The van der Waals surface area contributed by atoms with Crippen LogP contribution in [0.3, 0.4) is 0 Å². The molecule has 1 aliphatic heterocycles. The van der Waals surface area contributed by atoms with Crippen LogP contribution in [0.4, 0.5) is 0 Å². The number of phenols is 4. The van der Waals surface area contributed by atoms with Crippen LogP contribution in [0.25, 0.3) is 0 Å². The lowest BCUT2D eigenvalue weighted by atomic mass is 9.93. The first-order chi connectivity index (χ1) is 53.3. The van der Waals surface area contributed by atoms with Crippen LogP contribution in [0.15, 0.2) is 36.4 Å². The fourth-order valence-electron chi connectivity index (χ4n) is 15.1. The van der Waals surface area contributed by atoms with Crippen LogP contribution in [0.1, 0.15) is 466 Å². The molecule has 0 saturated carbocycles. The van der Waals surface area contributed by atoms with E-state index < -0.39 is 65.1 Å². The van der Waals surface area contributed by atoms with Gasteiger partial charge in [-0.25, -0.2) is 4.79 Å². The van der Waals surface area contributed by atoms with E-state index in [1.54, 1.807) is 0 Å². The Balaban J connectivity index is 1.52. The summed E-state index contributed by atoms with van der Waals surface area (Å²) in [5.74, 6) is -6.86. The Hall–Kier alpha value is -5.99. The summed E-state index contributed by atoms with van der Waals surface area (Å²) in [5.41, 5.74) is 0.0685. The lowest BCUT2D eigenvalue weighted by Crippen LogP contribution is -2.35. The molecule has 2 atom stereocenters. The molecular weight excluding hydrogens is 1370 g/mol. The van der Waals surface area contributed by atoms with Gasteiger partial charge in [-0.2, -0.15) is 0 Å². The zero-order valence-corrected chi connectivity index (χ0v) is 69.4. The number of hydrogen-bond donors (Lipinski definition) is 4. The van der Waals surface area contributed by atoms with E-state index in [-0.39, 0.29) is 77.5 Å². The molecule has 1 heterocycles. The van der Waals surface area contributed by atoms with Gasteiger partial charge in [0.25, 0.3) is 0 Å². The van der Waals surface area contributed by atoms with Gasteiger partial charge in [-0.15, -0.1) is 0 Å². The molecule has 0 aromatic heterocycles. The van der Waals surface area contributed by atoms with E-state index in [0.717, 1.165) is 121 Å². The van der Waals surface area contributed by atoms with Gasteiger partial charge < -0.3 is 48.8 Å². The summed E-state index contributed by atoms with van der Waals surface area (Å²) in [6.07, 6.45) is 67.2. The second kappa shape index (κ2) is 63.5. The van der Waals surface area contributed by atoms with Gasteiger partial charge in [-0.05, 0) is 49.9 Å². The molecule has 1 aliphatic rings. The summed E-state index contributed by atoms with van der Waals surface area (Å²) in [5, 5.41) is 45.6. The van der Waals surface area contributed by atoms with Gasteiger partial charge in [0.2, 0.25) is 11.5 Å². The summed E-state index contributed by atoms with van der Waals surface area (Å²) in [6, 6.07) is 7.47. The molecule has 0 unspecified atom stereocenters. The number of phenolic OH excluding ortho intramolecular Hbond substituents is 4. The molecule has 620 valence electrons. The van der Waals surface area contributed by atoms with Crippen molar-refractivity contribution in [3.05, 3.63) is 53.1 Å². The molecule has 0 amide bonds. The van der Waals surface area contributed by atoms with Crippen molar-refractivity contribution in [3.8, 4) is 51.7 Å². The zero-order valence-electron chi connectivity index (χ0n) is 69.4. The number of aromatic hydroxyl groups is 4. The third-order valence-electron chi connectivity index (χ3n) is 21.9. The van der Waals surface area contributed by atoms with Gasteiger partial charge in [-0.1, -0.05) is 387 Å². The molecule has 15 nitrogen and oxygen atoms in total. The number of esters is 5. The van der Waals surface area contributed by atoms with Crippen molar-refractivity contribution in [2.75, 3.05) is 0 Å². The monoisotopic (exact) mass is 1520 g/mol. The fourth-order valence-corrected chi connectivity index (χ4v) is 15.1. The van der Waals surface area contributed by atoms with E-state index in [0.29, 0.717) is 25.7 Å². The van der Waals surface area contributed by atoms with Crippen molar-refractivity contribution >= 4 is 29.8 Å². The molecule has 4 N–H and O–H groups in total. The third kappa shape index (κ3) is 45.3. The topological polar surface area (TPSA) is 222 Å². The number of carbonyl (C=O) groups is 5. The van der Waals surface area contributed by atoms with E-state index in [1.807, 2.05) is 0 Å². The van der Waals surface area contributed by atoms with Crippen molar-refractivity contribution < 1.29 is 72.8 Å². The molecule has 3 aromatic rings. The van der Waals surface area contributed by atoms with Crippen LogP contribution in [-0.4, -0.2) is 56.4 Å². The molecule has 4 rings (SSSR count). The van der Waals surface area contributed by atoms with Crippen molar-refractivity contribution in [2.45, 2.75) is 457 Å². The Kier molecular flexibility index (Phi) is 55.6. The number of rotatable bonds is 71. The quantitative estimate of drug-likeness (QED) is 0.0234. The first kappa shape index (κ1) is 95.4. The molecule has 15 heteroatoms. The summed E-state index contributed by atoms with van der Waals surface area (Å²) < 4.78 is 36.3. The van der Waals surface area contributed by atoms with Gasteiger partial charge in [0, 0.05) is 55.4 Å². The minimum absolute atomic E-state index is 0.0393. The molecule has 0 aliphatic carbocycles. The SMILES string of the molecule is CCCCCCCCCCCCCCCCCC(=O)Oc1cc(C(=O)O[C@@H]2Cc3c(O)cc(O)cc3O[C@@H]2c2cc(OC(=O)CCCCCCCCCCCCCCCCC)c(O)c(OC(=O)CCCCCCCCCCCCCCCCC)c2)cc(OC(=O)CCCCCCCCCCCCCCCCC)c1O. The smallest absolute Gasteiger partial charge is 0.338 e. The summed E-state index contributed by atoms with van der Waals surface area (Å²) in [6.45, 7) is 8.99. The number of ether oxygens (including phenoxy) is 6. The molecule has 0 radical (unpaired) electrons. The lowest BCUT2D eigenvalue weighted by Gasteiger charge is -2.34. The van der Waals surface area contributed by atoms with E-state index in [2.05, 4.69) is 27.7 Å². The predicted molar refractivity (Wildman–Crippen MR) is 443 cm³/mol. The lowest BCUT2D eigenvalue weighted by molar-refractivity contribution is -0.136. The molecule has 0 spiro atoms. The van der Waals surface area contributed by atoms with Crippen LogP contribution in [0, 0.1) is 0 Å². The maximum absolute atomic E-state index is 14.9. The highest BCUT2D eigenvalue weighted by atomic mass is 16.6. The standard InChI is InChI=1S/C94H154O15/c1-5-9-13-17-21-25-29-33-37-41-45-49-53-57-61-65-87(97)104-82-69-76(70-83(91(82)101)105-88(98)66-62-58-54-50-46-42-38-34-30-26-22-18-14-10-6-2)93-86(75-79-80(96)73-78(95)74-81(79)108-93)109-94(103)77-71-84(106-89(99)67-63-59-55-51-47-43-39-35-31-27-23-19-15-11-7-3)92(102)85(72-77)107-90(100)68-64-60-56-52-48-44-40-36-32-28-24-20-16-12-8-4/h69-74,86,93,95-96,101-102H,5-68,75H2,1-4H3/t86-,93-/m1/s1. The van der Waals surface area contributed by atoms with E-state index in [9.17, 15) is 44.4 Å². The summed E-state index contributed by atoms with van der Waals surface area (Å²) >= 11 is 0. The minimum atomic E-state index is -1.34. The zero-order chi connectivity index (χ0) is 78.4. The highest BCUT2D eigenvalue weighted by Crippen LogP contribution is 2.48. The van der Waals surface area contributed by atoms with Gasteiger partial charge in [0.15, 0.2) is 29.1 Å². The Morgan fingerprint density at radius 3 is 0.789 bits per heavy atom. The van der Waals surface area contributed by atoms with Gasteiger partial charge in [0.05, 0.1) is 5.56 Å². The van der Waals surface area contributed by atoms with E-state index in [4.69, 9.17) is 28.4 Å². The average molecular weight is 1520 g/mol. The van der Waals surface area contributed by atoms with Crippen molar-refractivity contribution in [2.24, 2.45) is 0 Å². The summed E-state index contributed by atoms with van der Waals surface area (Å²) in [7, 11) is 0. The maximum Gasteiger partial charge on any atom is 0.338 e. The van der Waals surface area contributed by atoms with Crippen LogP contribution >= 0.6 is 0 Å². The van der Waals surface area contributed by atoms with Crippen LogP contribution < -0.4 is 23.7 Å². The van der Waals surface area contributed by atoms with Crippen molar-refractivity contribution in [1.82, 2.24) is 0 Å². The molecule has 0 saturated heterocycles. The van der Waals surface area contributed by atoms with Crippen molar-refractivity contribution in [3.63, 3.8) is 0 Å². The fraction of sp³-hybridized carbons (Fsp3) is 0.755. The second-order valence-corrected chi connectivity index (χ2v) is 32.0. The maximum atomic E-state index is 14.9. The highest BCUT2D eigenvalue weighted by molar-refractivity contribution is 5.92. The van der Waals surface area contributed by atoms with E-state index >= 15 is 0 Å². The number of unbranched alkanes of at least 4 members (excludes halogenated alkanes) is 56. The molecule has 3 aromatic carbocycles. The van der Waals surface area contributed by atoms with Crippen LogP contribution in [0.5, 0.6) is 51.7 Å². The number of fused-ring (bicyclic) bond motifs is 1. The first-order valence-electron chi connectivity index (χ1n) is 45.3. The van der Waals surface area contributed by atoms with Gasteiger partial charge in [-0.3, -0.25) is 19.2 Å². The Morgan fingerprint density at radius 1 is 0.312 bits per heavy atom. The van der Waals surface area contributed by atoms with Gasteiger partial charge >= 0.3 is 29.8 Å². The Labute approximate surface area is 661 Å². The number of carbonyl (C=O) groups excluding carboxylic acids is 5. The average Bonchev–Trinajstić information content (AvgIpc) is 0.769. The molecular formula is C94H154O15. The predicted octanol–water partition coefficient (Wildman–Crippen LogP) is 28.1. The van der Waals surface area contributed by atoms with Crippen LogP contribution in [-0.2, 0) is 30.3 Å². The van der Waals surface area contributed by atoms with Crippen molar-refractivity contribution in [1.29, 1.82) is 0 Å². The van der Waals surface area contributed by atoms with Gasteiger partial charge in [0.1, 0.15) is 23.4 Å². The molecule has 0 bridgehead atoms. The number of benzene rings is 3. The highest BCUT2D eigenvalue weighted by Gasteiger charge is 2.38. The van der Waals surface area contributed by atoms with E-state index in [1.165, 1.54) is 275 Å². The molecule has 0 fully saturated rings. The Morgan fingerprint density at radius 2 is 0.541 bits per heavy atom. The van der Waals surface area contributed by atoms with Crippen LogP contribution in [0.2, 0.25) is 0 Å². The number of hydrogen-bond acceptors (Lipinski definition) is 15. The minimum Gasteiger partial charge on any atom is -0.508 e.